The molecule has 0 unspecified atom stereocenters. The van der Waals surface area contributed by atoms with E-state index in [1.807, 2.05) is 0 Å². The van der Waals surface area contributed by atoms with Gasteiger partial charge in [0.1, 0.15) is 0 Å². The summed E-state index contributed by atoms with van der Waals surface area (Å²) in [7, 11) is 3.52. The van der Waals surface area contributed by atoms with Crippen LogP contribution in [0.4, 0.5) is 11.4 Å². The maximum atomic E-state index is 10.9. The fourth-order valence-electron chi connectivity index (χ4n) is 1.26. The SMILES string of the molecule is CN(C)c1ccc(NC=O)cc1C(=O)O. The molecule has 0 heterocycles. The van der Waals surface area contributed by atoms with Gasteiger partial charge in [-0.15, -0.1) is 0 Å². The topological polar surface area (TPSA) is 69.6 Å². The molecule has 5 nitrogen and oxygen atoms in total. The molecule has 0 aliphatic rings. The minimum atomic E-state index is -1.02. The van der Waals surface area contributed by atoms with Gasteiger partial charge in [0.15, 0.2) is 0 Å². The Morgan fingerprint density at radius 1 is 1.47 bits per heavy atom. The molecule has 0 atom stereocenters. The zero-order valence-electron chi connectivity index (χ0n) is 8.52. The second-order valence-electron chi connectivity index (χ2n) is 3.19. The molecule has 0 aromatic heterocycles. The minimum Gasteiger partial charge on any atom is -0.478 e. The summed E-state index contributed by atoms with van der Waals surface area (Å²) in [6.45, 7) is 0. The minimum absolute atomic E-state index is 0.159. The van der Waals surface area contributed by atoms with Crippen LogP contribution in [0.1, 0.15) is 10.4 Å². The number of hydrogen-bond acceptors (Lipinski definition) is 3. The Morgan fingerprint density at radius 2 is 2.13 bits per heavy atom. The summed E-state index contributed by atoms with van der Waals surface area (Å²) in [5.74, 6) is -1.02. The van der Waals surface area contributed by atoms with E-state index in [0.29, 0.717) is 17.8 Å². The lowest BCUT2D eigenvalue weighted by molar-refractivity contribution is -0.105. The standard InChI is InChI=1S/C10H12N2O3/c1-12(2)9-4-3-7(11-6-13)5-8(9)10(14)15/h3-6H,1-2H3,(H,11,13)(H,14,15). The van der Waals surface area contributed by atoms with Crippen molar-refractivity contribution in [3.8, 4) is 0 Å². The highest BCUT2D eigenvalue weighted by Crippen LogP contribution is 2.22. The van der Waals surface area contributed by atoms with E-state index in [0.717, 1.165) is 0 Å². The van der Waals surface area contributed by atoms with Gasteiger partial charge in [-0.3, -0.25) is 4.79 Å². The second-order valence-corrected chi connectivity index (χ2v) is 3.19. The summed E-state index contributed by atoms with van der Waals surface area (Å²) < 4.78 is 0. The number of carbonyl (C=O) groups is 2. The highest BCUT2D eigenvalue weighted by molar-refractivity contribution is 5.96. The van der Waals surface area contributed by atoms with Crippen molar-refractivity contribution in [3.05, 3.63) is 23.8 Å². The van der Waals surface area contributed by atoms with Gasteiger partial charge in [0.25, 0.3) is 0 Å². The Bertz CT molecular complexity index is 388. The zero-order chi connectivity index (χ0) is 11.4. The molecule has 0 bridgehead atoms. The van der Waals surface area contributed by atoms with Crippen molar-refractivity contribution in [2.24, 2.45) is 0 Å². The van der Waals surface area contributed by atoms with Crippen LogP contribution >= 0.6 is 0 Å². The monoisotopic (exact) mass is 208 g/mol. The fraction of sp³-hybridized carbons (Fsp3) is 0.200. The van der Waals surface area contributed by atoms with E-state index in [-0.39, 0.29) is 5.56 Å². The molecule has 1 aromatic rings. The van der Waals surface area contributed by atoms with Crippen molar-refractivity contribution in [2.45, 2.75) is 0 Å². The van der Waals surface area contributed by atoms with Crippen molar-refractivity contribution in [1.29, 1.82) is 0 Å². The molecule has 0 aliphatic carbocycles. The van der Waals surface area contributed by atoms with Crippen LogP contribution in [0.5, 0.6) is 0 Å². The summed E-state index contributed by atoms with van der Waals surface area (Å²) in [6.07, 6.45) is 0.510. The van der Waals surface area contributed by atoms with E-state index >= 15 is 0 Å². The second kappa shape index (κ2) is 4.45. The molecule has 15 heavy (non-hydrogen) atoms. The van der Waals surface area contributed by atoms with Crippen molar-refractivity contribution < 1.29 is 14.7 Å². The van der Waals surface area contributed by atoms with Gasteiger partial charge in [0.05, 0.1) is 11.3 Å². The van der Waals surface area contributed by atoms with Gasteiger partial charge in [0, 0.05) is 19.8 Å². The molecule has 0 fully saturated rings. The third-order valence-electron chi connectivity index (χ3n) is 1.93. The predicted octanol–water partition coefficient (Wildman–Crippen LogP) is 1.02. The lowest BCUT2D eigenvalue weighted by Gasteiger charge is -2.15. The molecule has 80 valence electrons. The molecule has 0 radical (unpaired) electrons. The third kappa shape index (κ3) is 2.46. The molecule has 1 amide bonds. The van der Waals surface area contributed by atoms with Gasteiger partial charge in [0.2, 0.25) is 6.41 Å². The number of rotatable bonds is 4. The smallest absolute Gasteiger partial charge is 0.337 e. The number of nitrogens with zero attached hydrogens (tertiary/aromatic N) is 1. The first-order valence-corrected chi connectivity index (χ1v) is 4.31. The summed E-state index contributed by atoms with van der Waals surface area (Å²) in [5, 5.41) is 11.4. The number of carboxylic acids is 1. The van der Waals surface area contributed by atoms with E-state index in [4.69, 9.17) is 5.11 Å². The molecule has 0 saturated heterocycles. The summed E-state index contributed by atoms with van der Waals surface area (Å²) in [4.78, 5) is 22.8. The first kappa shape index (κ1) is 11.0. The van der Waals surface area contributed by atoms with Crippen LogP contribution in [0.3, 0.4) is 0 Å². The highest BCUT2D eigenvalue weighted by atomic mass is 16.4. The first-order valence-electron chi connectivity index (χ1n) is 4.31. The third-order valence-corrected chi connectivity index (χ3v) is 1.93. The molecule has 1 aromatic carbocycles. The van der Waals surface area contributed by atoms with Gasteiger partial charge in [-0.25, -0.2) is 4.79 Å². The number of carbonyl (C=O) groups excluding carboxylic acids is 1. The molecule has 0 aliphatic heterocycles. The number of amides is 1. The van der Waals surface area contributed by atoms with Crippen LogP contribution in [0.15, 0.2) is 18.2 Å². The van der Waals surface area contributed by atoms with Crippen LogP contribution in [0, 0.1) is 0 Å². The quantitative estimate of drug-likeness (QED) is 0.725. The Labute approximate surface area is 87.3 Å². The average molecular weight is 208 g/mol. The Kier molecular flexibility index (Phi) is 3.28. The highest BCUT2D eigenvalue weighted by Gasteiger charge is 2.12. The number of anilines is 2. The molecule has 0 spiro atoms. The van der Waals surface area contributed by atoms with Crippen molar-refractivity contribution >= 4 is 23.8 Å². The van der Waals surface area contributed by atoms with Crippen molar-refractivity contribution in [3.63, 3.8) is 0 Å². The summed E-state index contributed by atoms with van der Waals surface area (Å²) in [6, 6.07) is 4.72. The van der Waals surface area contributed by atoms with E-state index in [1.54, 1.807) is 31.1 Å². The molecule has 0 saturated carbocycles. The van der Waals surface area contributed by atoms with Crippen LogP contribution < -0.4 is 10.2 Å². The number of nitrogens with one attached hydrogen (secondary N) is 1. The maximum Gasteiger partial charge on any atom is 0.337 e. The first-order chi connectivity index (χ1) is 7.06. The molecular formula is C10H12N2O3. The van der Waals surface area contributed by atoms with Gasteiger partial charge in [-0.2, -0.15) is 0 Å². The number of aromatic carboxylic acids is 1. The molecule has 5 heteroatoms. The number of carboxylic acid groups (broad SMARTS) is 1. The lowest BCUT2D eigenvalue weighted by Crippen LogP contribution is -2.14. The summed E-state index contributed by atoms with van der Waals surface area (Å²) >= 11 is 0. The Hall–Kier alpha value is -2.04. The van der Waals surface area contributed by atoms with E-state index in [2.05, 4.69) is 5.32 Å². The van der Waals surface area contributed by atoms with Gasteiger partial charge < -0.3 is 15.3 Å². The summed E-state index contributed by atoms with van der Waals surface area (Å²) in [5.41, 5.74) is 1.22. The van der Waals surface area contributed by atoms with E-state index in [1.165, 1.54) is 6.07 Å². The predicted molar refractivity (Wildman–Crippen MR) is 57.4 cm³/mol. The molecule has 1 rings (SSSR count). The van der Waals surface area contributed by atoms with Crippen LogP contribution in [-0.4, -0.2) is 31.6 Å². The van der Waals surface area contributed by atoms with Gasteiger partial charge >= 0.3 is 5.97 Å². The van der Waals surface area contributed by atoms with E-state index < -0.39 is 5.97 Å². The van der Waals surface area contributed by atoms with Gasteiger partial charge in [-0.05, 0) is 18.2 Å². The van der Waals surface area contributed by atoms with Crippen LogP contribution in [0.25, 0.3) is 0 Å². The molecule has 2 N–H and O–H groups in total. The van der Waals surface area contributed by atoms with Crippen LogP contribution in [0.2, 0.25) is 0 Å². The average Bonchev–Trinajstić information content (AvgIpc) is 2.17. The largest absolute Gasteiger partial charge is 0.478 e. The van der Waals surface area contributed by atoms with Crippen molar-refractivity contribution in [2.75, 3.05) is 24.3 Å². The maximum absolute atomic E-state index is 10.9. The zero-order valence-corrected chi connectivity index (χ0v) is 8.52. The lowest BCUT2D eigenvalue weighted by atomic mass is 10.1. The Balaban J connectivity index is 3.20. The number of hydrogen-bond donors (Lipinski definition) is 2. The van der Waals surface area contributed by atoms with Gasteiger partial charge in [-0.1, -0.05) is 0 Å². The van der Waals surface area contributed by atoms with E-state index in [9.17, 15) is 9.59 Å². The van der Waals surface area contributed by atoms with Crippen LogP contribution in [-0.2, 0) is 4.79 Å². The normalized spacial score (nSPS) is 9.47. The Morgan fingerprint density at radius 3 is 2.60 bits per heavy atom. The number of benzene rings is 1. The fourth-order valence-corrected chi connectivity index (χ4v) is 1.26. The van der Waals surface area contributed by atoms with Crippen molar-refractivity contribution in [1.82, 2.24) is 0 Å². The molecular weight excluding hydrogens is 196 g/mol.